The van der Waals surface area contributed by atoms with E-state index in [-0.39, 0.29) is 29.6 Å². The van der Waals surface area contributed by atoms with Gasteiger partial charge >= 0.3 is 0 Å². The van der Waals surface area contributed by atoms with Gasteiger partial charge in [0.15, 0.2) is 5.82 Å². The number of aliphatic hydroxyl groups is 1. The van der Waals surface area contributed by atoms with Crippen molar-refractivity contribution in [1.29, 1.82) is 0 Å². The average molecular weight is 443 g/mol. The van der Waals surface area contributed by atoms with Crippen LogP contribution in [0.3, 0.4) is 0 Å². The molecular formula is C22H26N4O4S. The second kappa shape index (κ2) is 9.17. The Hall–Kier alpha value is -2.75. The lowest BCUT2D eigenvalue weighted by Crippen LogP contribution is -2.40. The Labute approximate surface area is 181 Å². The van der Waals surface area contributed by atoms with E-state index in [9.17, 15) is 18.3 Å². The van der Waals surface area contributed by atoms with E-state index in [0.717, 1.165) is 31.2 Å². The van der Waals surface area contributed by atoms with Gasteiger partial charge in [-0.25, -0.2) is 18.1 Å². The molecule has 0 aliphatic heterocycles. The second-order valence-electron chi connectivity index (χ2n) is 7.73. The van der Waals surface area contributed by atoms with E-state index in [1.165, 1.54) is 27.3 Å². The minimum atomic E-state index is -3.78. The molecule has 1 aromatic carbocycles. The van der Waals surface area contributed by atoms with E-state index in [1.807, 2.05) is 30.3 Å². The van der Waals surface area contributed by atoms with Gasteiger partial charge in [0.1, 0.15) is 4.90 Å². The van der Waals surface area contributed by atoms with Crippen molar-refractivity contribution < 1.29 is 13.5 Å². The van der Waals surface area contributed by atoms with Crippen molar-refractivity contribution in [2.75, 3.05) is 13.2 Å². The Morgan fingerprint density at radius 2 is 1.87 bits per heavy atom. The van der Waals surface area contributed by atoms with Crippen molar-refractivity contribution in [2.24, 2.45) is 0 Å². The molecule has 2 aromatic heterocycles. The first-order valence-corrected chi connectivity index (χ1v) is 11.9. The summed E-state index contributed by atoms with van der Waals surface area (Å²) in [6, 6.07) is 12.6. The van der Waals surface area contributed by atoms with Crippen molar-refractivity contribution in [3.63, 3.8) is 0 Å². The lowest BCUT2D eigenvalue weighted by Gasteiger charge is -2.27. The van der Waals surface area contributed by atoms with Crippen LogP contribution in [0.2, 0.25) is 0 Å². The van der Waals surface area contributed by atoms with Gasteiger partial charge in [0.05, 0.1) is 6.61 Å². The molecule has 1 saturated carbocycles. The topological polar surface area (TPSA) is 108 Å². The van der Waals surface area contributed by atoms with Gasteiger partial charge in [-0.3, -0.25) is 9.89 Å². The van der Waals surface area contributed by atoms with E-state index in [4.69, 9.17) is 0 Å². The summed E-state index contributed by atoms with van der Waals surface area (Å²) in [5.74, 6) is 0.317. The minimum absolute atomic E-state index is 0.0562. The first-order valence-electron chi connectivity index (χ1n) is 10.4. The standard InChI is InChI=1S/C22H26N4O4S/c27-13-12-25(19-8-4-5-9-19)31(29,30)20-10-11-21(23-16-20)26-22(28)18(15-24-26)14-17-6-2-1-3-7-17/h1-3,6-7,10-11,15-16,19,24,27H,4-5,8-9,12-14H2. The number of nitrogens with zero attached hydrogens (tertiary/aromatic N) is 3. The number of aromatic amines is 1. The van der Waals surface area contributed by atoms with Crippen LogP contribution in [0.1, 0.15) is 36.8 Å². The van der Waals surface area contributed by atoms with Crippen LogP contribution >= 0.6 is 0 Å². The van der Waals surface area contributed by atoms with Gasteiger partial charge in [-0.1, -0.05) is 43.2 Å². The monoisotopic (exact) mass is 442 g/mol. The van der Waals surface area contributed by atoms with E-state index in [1.54, 1.807) is 6.20 Å². The molecule has 0 radical (unpaired) electrons. The lowest BCUT2D eigenvalue weighted by atomic mass is 10.1. The van der Waals surface area contributed by atoms with E-state index in [2.05, 4.69) is 10.1 Å². The zero-order chi connectivity index (χ0) is 21.8. The molecule has 2 heterocycles. The van der Waals surface area contributed by atoms with Crippen LogP contribution in [0, 0.1) is 0 Å². The van der Waals surface area contributed by atoms with Gasteiger partial charge in [-0.2, -0.15) is 4.31 Å². The highest BCUT2D eigenvalue weighted by Gasteiger charge is 2.33. The molecule has 0 spiro atoms. The normalized spacial score (nSPS) is 15.0. The summed E-state index contributed by atoms with van der Waals surface area (Å²) < 4.78 is 28.9. The van der Waals surface area contributed by atoms with Gasteiger partial charge in [-0.05, 0) is 30.5 Å². The van der Waals surface area contributed by atoms with Crippen molar-refractivity contribution >= 4 is 10.0 Å². The van der Waals surface area contributed by atoms with Gasteiger partial charge in [0.25, 0.3) is 5.56 Å². The molecule has 0 saturated heterocycles. The molecule has 0 unspecified atom stereocenters. The smallest absolute Gasteiger partial charge is 0.276 e. The van der Waals surface area contributed by atoms with Gasteiger partial charge in [0.2, 0.25) is 10.0 Å². The third-order valence-electron chi connectivity index (χ3n) is 5.69. The summed E-state index contributed by atoms with van der Waals surface area (Å²) in [7, 11) is -3.78. The SMILES string of the molecule is O=c1c(Cc2ccccc2)c[nH]n1-c1ccc(S(=O)(=O)N(CCO)C2CCCC2)cn1. The molecule has 31 heavy (non-hydrogen) atoms. The van der Waals surface area contributed by atoms with E-state index in [0.29, 0.717) is 17.8 Å². The van der Waals surface area contributed by atoms with Crippen molar-refractivity contribution in [2.45, 2.75) is 43.0 Å². The van der Waals surface area contributed by atoms with Crippen LogP contribution in [-0.2, 0) is 16.4 Å². The molecular weight excluding hydrogens is 416 g/mol. The van der Waals surface area contributed by atoms with Crippen LogP contribution < -0.4 is 5.56 Å². The number of pyridine rings is 1. The Morgan fingerprint density at radius 3 is 2.52 bits per heavy atom. The first kappa shape index (κ1) is 21.5. The fourth-order valence-electron chi connectivity index (χ4n) is 4.10. The molecule has 164 valence electrons. The molecule has 9 heteroatoms. The minimum Gasteiger partial charge on any atom is -0.395 e. The van der Waals surface area contributed by atoms with Gasteiger partial charge in [-0.15, -0.1) is 0 Å². The molecule has 0 amide bonds. The average Bonchev–Trinajstić information content (AvgIpc) is 3.43. The van der Waals surface area contributed by atoms with Crippen LogP contribution in [0.4, 0.5) is 0 Å². The number of benzene rings is 1. The fraction of sp³-hybridized carbons (Fsp3) is 0.364. The molecule has 0 bridgehead atoms. The summed E-state index contributed by atoms with van der Waals surface area (Å²) in [6.07, 6.45) is 6.98. The number of hydrogen-bond acceptors (Lipinski definition) is 5. The summed E-state index contributed by atoms with van der Waals surface area (Å²) in [5, 5.41) is 12.3. The van der Waals surface area contributed by atoms with Crippen LogP contribution in [0.5, 0.6) is 0 Å². The zero-order valence-electron chi connectivity index (χ0n) is 17.1. The largest absolute Gasteiger partial charge is 0.395 e. The molecule has 0 atom stereocenters. The highest BCUT2D eigenvalue weighted by atomic mass is 32.2. The quantitative estimate of drug-likeness (QED) is 0.555. The number of aromatic nitrogens is 3. The van der Waals surface area contributed by atoms with E-state index < -0.39 is 10.0 Å². The maximum absolute atomic E-state index is 13.1. The molecule has 4 rings (SSSR count). The summed E-state index contributed by atoms with van der Waals surface area (Å²) in [6.45, 7) is -0.170. The molecule has 1 aliphatic carbocycles. The fourth-order valence-corrected chi connectivity index (χ4v) is 5.72. The number of sulfonamides is 1. The predicted octanol–water partition coefficient (Wildman–Crippen LogP) is 2.08. The third-order valence-corrected chi connectivity index (χ3v) is 7.63. The number of H-pyrrole nitrogens is 1. The van der Waals surface area contributed by atoms with E-state index >= 15 is 0 Å². The van der Waals surface area contributed by atoms with Crippen LogP contribution in [0.15, 0.2) is 64.5 Å². The Kier molecular flexibility index (Phi) is 6.35. The highest BCUT2D eigenvalue weighted by molar-refractivity contribution is 7.89. The third kappa shape index (κ3) is 4.48. The Balaban J connectivity index is 1.57. The van der Waals surface area contributed by atoms with Gasteiger partial charge < -0.3 is 5.11 Å². The summed E-state index contributed by atoms with van der Waals surface area (Å²) in [4.78, 5) is 17.0. The van der Waals surface area contributed by atoms with Crippen molar-refractivity contribution in [3.05, 3.63) is 76.3 Å². The molecule has 2 N–H and O–H groups in total. The number of aliphatic hydroxyl groups excluding tert-OH is 1. The number of hydrogen-bond donors (Lipinski definition) is 2. The lowest BCUT2D eigenvalue weighted by molar-refractivity contribution is 0.226. The number of rotatable bonds is 8. The first-order chi connectivity index (χ1) is 15.0. The zero-order valence-corrected chi connectivity index (χ0v) is 18.0. The van der Waals surface area contributed by atoms with Crippen molar-refractivity contribution in [3.8, 4) is 5.82 Å². The number of nitrogens with one attached hydrogen (secondary N) is 1. The van der Waals surface area contributed by atoms with Crippen molar-refractivity contribution in [1.82, 2.24) is 19.1 Å². The van der Waals surface area contributed by atoms with Crippen LogP contribution in [0.25, 0.3) is 5.82 Å². The summed E-state index contributed by atoms with van der Waals surface area (Å²) in [5.41, 5.74) is 1.40. The predicted molar refractivity (Wildman–Crippen MR) is 117 cm³/mol. The Morgan fingerprint density at radius 1 is 1.13 bits per heavy atom. The maximum atomic E-state index is 13.1. The van der Waals surface area contributed by atoms with Gasteiger partial charge in [0, 0.05) is 37.0 Å². The maximum Gasteiger partial charge on any atom is 0.276 e. The molecule has 8 nitrogen and oxygen atoms in total. The van der Waals surface area contributed by atoms with Crippen LogP contribution in [-0.4, -0.2) is 51.8 Å². The summed E-state index contributed by atoms with van der Waals surface area (Å²) >= 11 is 0. The Bertz CT molecular complexity index is 1160. The second-order valence-corrected chi connectivity index (χ2v) is 9.62. The molecule has 1 aliphatic rings. The molecule has 3 aromatic rings. The molecule has 1 fully saturated rings. The highest BCUT2D eigenvalue weighted by Crippen LogP contribution is 2.28.